The summed E-state index contributed by atoms with van der Waals surface area (Å²) in [7, 11) is 0. The highest BCUT2D eigenvalue weighted by Gasteiger charge is 2.44. The first-order chi connectivity index (χ1) is 15.6. The molecule has 7 nitrogen and oxygen atoms in total. The Morgan fingerprint density at radius 1 is 1.06 bits per heavy atom. The van der Waals surface area contributed by atoms with Crippen LogP contribution in [0.3, 0.4) is 0 Å². The molecule has 0 N–H and O–H groups in total. The van der Waals surface area contributed by atoms with Gasteiger partial charge in [-0.15, -0.1) is 0 Å². The van der Waals surface area contributed by atoms with Gasteiger partial charge in [-0.1, -0.05) is 36.4 Å². The van der Waals surface area contributed by atoms with Crippen LogP contribution >= 0.6 is 0 Å². The van der Waals surface area contributed by atoms with Crippen molar-refractivity contribution < 1.29 is 19.1 Å². The molecular weight excluding hydrogens is 406 g/mol. The molecule has 164 valence electrons. The molecule has 1 atom stereocenters. The van der Waals surface area contributed by atoms with E-state index in [0.29, 0.717) is 25.4 Å². The summed E-state index contributed by atoms with van der Waals surface area (Å²) < 4.78 is 7.20. The zero-order valence-corrected chi connectivity index (χ0v) is 18.0. The molecule has 0 aliphatic carbocycles. The van der Waals surface area contributed by atoms with E-state index in [2.05, 4.69) is 11.0 Å². The van der Waals surface area contributed by atoms with E-state index < -0.39 is 6.04 Å². The predicted octanol–water partition coefficient (Wildman–Crippen LogP) is 2.89. The summed E-state index contributed by atoms with van der Waals surface area (Å²) in [6.07, 6.45) is 0.927. The third kappa shape index (κ3) is 3.39. The van der Waals surface area contributed by atoms with Crippen molar-refractivity contribution in [3.8, 4) is 0 Å². The van der Waals surface area contributed by atoms with Crippen LogP contribution in [-0.2, 0) is 38.6 Å². The second-order valence-electron chi connectivity index (χ2n) is 8.18. The Kier molecular flexibility index (Phi) is 5.27. The summed E-state index contributed by atoms with van der Waals surface area (Å²) >= 11 is 0. The van der Waals surface area contributed by atoms with Crippen LogP contribution in [-0.4, -0.2) is 46.4 Å². The van der Waals surface area contributed by atoms with Gasteiger partial charge in [-0.3, -0.25) is 19.3 Å². The summed E-state index contributed by atoms with van der Waals surface area (Å²) in [5, 5.41) is 1.13. The largest absolute Gasteiger partial charge is 0.465 e. The van der Waals surface area contributed by atoms with E-state index in [1.165, 1.54) is 10.5 Å². The van der Waals surface area contributed by atoms with Crippen LogP contribution in [0.1, 0.15) is 24.6 Å². The second kappa shape index (κ2) is 8.24. The first-order valence-corrected chi connectivity index (χ1v) is 11.0. The highest BCUT2D eigenvalue weighted by Crippen LogP contribution is 2.34. The van der Waals surface area contributed by atoms with Gasteiger partial charge < -0.3 is 9.30 Å². The van der Waals surface area contributed by atoms with Crippen LogP contribution in [0.15, 0.2) is 54.6 Å². The summed E-state index contributed by atoms with van der Waals surface area (Å²) in [5.74, 6) is -0.641. The Hall–Kier alpha value is -3.45. The van der Waals surface area contributed by atoms with Crippen molar-refractivity contribution in [1.29, 1.82) is 0 Å². The number of rotatable bonds is 5. The van der Waals surface area contributed by atoms with Gasteiger partial charge >= 0.3 is 5.97 Å². The molecule has 2 aliphatic heterocycles. The summed E-state index contributed by atoms with van der Waals surface area (Å²) in [6.45, 7) is 3.46. The molecule has 0 spiro atoms. The number of aromatic nitrogens is 1. The zero-order valence-electron chi connectivity index (χ0n) is 18.0. The molecule has 2 aromatic carbocycles. The fourth-order valence-electron chi connectivity index (χ4n) is 4.95. The lowest BCUT2D eigenvalue weighted by Gasteiger charge is -2.32. The number of esters is 1. The van der Waals surface area contributed by atoms with Gasteiger partial charge in [0.25, 0.3) is 5.91 Å². The Balaban J connectivity index is 1.46. The molecule has 1 aromatic heterocycles. The van der Waals surface area contributed by atoms with Crippen LogP contribution < -0.4 is 4.90 Å². The molecular formula is C25H25N3O4. The van der Waals surface area contributed by atoms with Crippen molar-refractivity contribution >= 4 is 34.4 Å². The van der Waals surface area contributed by atoms with Gasteiger partial charge in [-0.25, -0.2) is 4.90 Å². The predicted molar refractivity (Wildman–Crippen MR) is 120 cm³/mol. The summed E-state index contributed by atoms with van der Waals surface area (Å²) in [6, 6.07) is 16.6. The standard InChI is InChI=1S/C25H25N3O4/c1-2-32-24(30)16-27-20-11-7-6-10-18(20)19-12-13-26(15-22(19)27)21-14-23(29)28(25(21)31)17-8-4-3-5-9-17/h3-11,21H,2,12-16H2,1H3/t21-/m0/s1. The number of hydrogen-bond donors (Lipinski definition) is 0. The van der Waals surface area contributed by atoms with Crippen LogP contribution in [0.2, 0.25) is 0 Å². The van der Waals surface area contributed by atoms with Crippen LogP contribution in [0.4, 0.5) is 5.69 Å². The van der Waals surface area contributed by atoms with Gasteiger partial charge in [0.15, 0.2) is 0 Å². The minimum Gasteiger partial charge on any atom is -0.465 e. The Morgan fingerprint density at radius 2 is 1.81 bits per heavy atom. The number of carbonyl (C=O) groups excluding carboxylic acids is 3. The number of hydrogen-bond acceptors (Lipinski definition) is 5. The van der Waals surface area contributed by atoms with Crippen LogP contribution in [0, 0.1) is 0 Å². The Bertz CT molecular complexity index is 1200. The maximum Gasteiger partial charge on any atom is 0.325 e. The van der Waals surface area contributed by atoms with Gasteiger partial charge in [-0.2, -0.15) is 0 Å². The van der Waals surface area contributed by atoms with Gasteiger partial charge in [-0.05, 0) is 37.1 Å². The lowest BCUT2D eigenvalue weighted by Crippen LogP contribution is -2.44. The quantitative estimate of drug-likeness (QED) is 0.459. The Morgan fingerprint density at radius 3 is 2.59 bits per heavy atom. The number of amides is 2. The number of imide groups is 1. The van der Waals surface area contributed by atoms with Crippen molar-refractivity contribution in [2.24, 2.45) is 0 Å². The molecule has 2 aliphatic rings. The summed E-state index contributed by atoms with van der Waals surface area (Å²) in [5.41, 5.74) is 3.83. The van der Waals surface area contributed by atoms with Gasteiger partial charge in [0.2, 0.25) is 5.91 Å². The molecule has 5 rings (SSSR count). The highest BCUT2D eigenvalue weighted by atomic mass is 16.5. The number of carbonyl (C=O) groups is 3. The molecule has 1 fully saturated rings. The number of benzene rings is 2. The average molecular weight is 431 g/mol. The van der Waals surface area contributed by atoms with E-state index in [4.69, 9.17) is 4.74 Å². The molecule has 7 heteroatoms. The fraction of sp³-hybridized carbons (Fsp3) is 0.320. The fourth-order valence-corrected chi connectivity index (χ4v) is 4.95. The van der Waals surface area contributed by atoms with E-state index in [1.54, 1.807) is 19.1 Å². The molecule has 3 heterocycles. The molecule has 3 aromatic rings. The topological polar surface area (TPSA) is 71.8 Å². The molecule has 0 unspecified atom stereocenters. The lowest BCUT2D eigenvalue weighted by molar-refractivity contribution is -0.143. The second-order valence-corrected chi connectivity index (χ2v) is 8.18. The van der Waals surface area contributed by atoms with Crippen molar-refractivity contribution in [1.82, 2.24) is 9.47 Å². The molecule has 1 saturated heterocycles. The van der Waals surface area contributed by atoms with E-state index in [-0.39, 0.29) is 30.7 Å². The van der Waals surface area contributed by atoms with E-state index >= 15 is 0 Å². The van der Waals surface area contributed by atoms with Gasteiger partial charge in [0, 0.05) is 29.7 Å². The molecule has 0 radical (unpaired) electrons. The normalized spacial score (nSPS) is 18.9. The highest BCUT2D eigenvalue weighted by molar-refractivity contribution is 6.22. The van der Waals surface area contributed by atoms with Crippen molar-refractivity contribution in [3.63, 3.8) is 0 Å². The number of ether oxygens (including phenoxy) is 1. The first kappa shape index (κ1) is 20.5. The zero-order chi connectivity index (χ0) is 22.2. The molecule has 0 saturated carbocycles. The lowest BCUT2D eigenvalue weighted by atomic mass is 10.0. The smallest absolute Gasteiger partial charge is 0.325 e. The maximum absolute atomic E-state index is 13.2. The van der Waals surface area contributed by atoms with E-state index in [1.807, 2.05) is 41.0 Å². The minimum atomic E-state index is -0.495. The molecule has 32 heavy (non-hydrogen) atoms. The summed E-state index contributed by atoms with van der Waals surface area (Å²) in [4.78, 5) is 41.6. The number of fused-ring (bicyclic) bond motifs is 3. The minimum absolute atomic E-state index is 0.130. The molecule has 2 amide bonds. The average Bonchev–Trinajstić information content (AvgIpc) is 3.28. The number of para-hydroxylation sites is 2. The number of nitrogens with zero attached hydrogens (tertiary/aromatic N) is 3. The third-order valence-corrected chi connectivity index (χ3v) is 6.37. The monoisotopic (exact) mass is 431 g/mol. The SMILES string of the molecule is CCOC(=O)Cn1c2c(c3ccccc31)CCN([C@H]1CC(=O)N(c3ccccc3)C1=O)C2. The van der Waals surface area contributed by atoms with Gasteiger partial charge in [0.1, 0.15) is 6.54 Å². The molecule has 0 bridgehead atoms. The van der Waals surface area contributed by atoms with Crippen molar-refractivity contribution in [2.75, 3.05) is 18.1 Å². The first-order valence-electron chi connectivity index (χ1n) is 11.0. The van der Waals surface area contributed by atoms with Crippen molar-refractivity contribution in [2.45, 2.75) is 38.9 Å². The van der Waals surface area contributed by atoms with Gasteiger partial charge in [0.05, 0.1) is 24.8 Å². The number of anilines is 1. The van der Waals surface area contributed by atoms with E-state index in [0.717, 1.165) is 23.0 Å². The maximum atomic E-state index is 13.2. The van der Waals surface area contributed by atoms with Crippen LogP contribution in [0.5, 0.6) is 0 Å². The van der Waals surface area contributed by atoms with Crippen molar-refractivity contribution in [3.05, 3.63) is 65.9 Å². The third-order valence-electron chi connectivity index (χ3n) is 6.37. The van der Waals surface area contributed by atoms with E-state index in [9.17, 15) is 14.4 Å². The Labute approximate surface area is 186 Å². The van der Waals surface area contributed by atoms with Crippen LogP contribution in [0.25, 0.3) is 10.9 Å².